The molecule has 0 saturated heterocycles. The first-order valence-electron chi connectivity index (χ1n) is 6.85. The zero-order valence-corrected chi connectivity index (χ0v) is 11.4. The molecule has 0 N–H and O–H groups in total. The van der Waals surface area contributed by atoms with Gasteiger partial charge in [-0.1, -0.05) is 17.3 Å². The van der Waals surface area contributed by atoms with Gasteiger partial charge in [0.1, 0.15) is 11.3 Å². The van der Waals surface area contributed by atoms with Gasteiger partial charge in [0.2, 0.25) is 0 Å². The highest BCUT2D eigenvalue weighted by Crippen LogP contribution is 2.34. The normalized spacial score (nSPS) is 14.5. The molecule has 6 nitrogen and oxygen atoms in total. The van der Waals surface area contributed by atoms with Gasteiger partial charge >= 0.3 is 6.01 Å². The first-order chi connectivity index (χ1) is 10.2. The second-order valence-corrected chi connectivity index (χ2v) is 5.19. The minimum atomic E-state index is -0.235. The highest BCUT2D eigenvalue weighted by molar-refractivity contribution is 6.04. The van der Waals surface area contributed by atoms with E-state index in [0.29, 0.717) is 17.4 Å². The van der Waals surface area contributed by atoms with E-state index in [9.17, 15) is 4.79 Å². The summed E-state index contributed by atoms with van der Waals surface area (Å²) in [5, 5.41) is 3.79. The van der Waals surface area contributed by atoms with E-state index in [1.165, 1.54) is 0 Å². The molecule has 1 aromatic carbocycles. The number of para-hydroxylation sites is 2. The lowest BCUT2D eigenvalue weighted by molar-refractivity contribution is 0.0971. The molecule has 1 aliphatic rings. The van der Waals surface area contributed by atoms with Gasteiger partial charge < -0.3 is 8.94 Å². The third-order valence-electron chi connectivity index (χ3n) is 3.47. The van der Waals surface area contributed by atoms with Crippen molar-refractivity contribution in [3.05, 3.63) is 41.8 Å². The number of oxazole rings is 1. The number of nitrogens with zero attached hydrogens (tertiary/aromatic N) is 3. The Hall–Kier alpha value is -2.63. The summed E-state index contributed by atoms with van der Waals surface area (Å²) in [7, 11) is 0. The molecule has 0 radical (unpaired) electrons. The molecule has 2 heterocycles. The van der Waals surface area contributed by atoms with Crippen molar-refractivity contribution < 1.29 is 13.7 Å². The fourth-order valence-electron chi connectivity index (χ4n) is 2.30. The van der Waals surface area contributed by atoms with Gasteiger partial charge in [0.25, 0.3) is 5.91 Å². The Kier molecular flexibility index (Phi) is 2.57. The fraction of sp³-hybridized carbons (Fsp3) is 0.267. The minimum Gasteiger partial charge on any atom is -0.423 e. The Morgan fingerprint density at radius 2 is 2.14 bits per heavy atom. The number of aromatic nitrogens is 2. The average molecular weight is 283 g/mol. The number of aryl methyl sites for hydroxylation is 1. The zero-order valence-electron chi connectivity index (χ0n) is 11.4. The van der Waals surface area contributed by atoms with Crippen LogP contribution in [0.1, 0.15) is 29.1 Å². The maximum absolute atomic E-state index is 12.6. The molecule has 0 unspecified atom stereocenters. The van der Waals surface area contributed by atoms with Crippen LogP contribution in [0.5, 0.6) is 0 Å². The number of fused-ring (bicyclic) bond motifs is 1. The second kappa shape index (κ2) is 4.44. The molecule has 0 bridgehead atoms. The van der Waals surface area contributed by atoms with Crippen LogP contribution < -0.4 is 4.90 Å². The summed E-state index contributed by atoms with van der Waals surface area (Å²) in [5.41, 5.74) is 1.69. The van der Waals surface area contributed by atoms with E-state index in [1.807, 2.05) is 24.3 Å². The fourth-order valence-corrected chi connectivity index (χ4v) is 2.30. The van der Waals surface area contributed by atoms with E-state index in [1.54, 1.807) is 17.9 Å². The number of hydrogen-bond acceptors (Lipinski definition) is 5. The number of anilines is 1. The van der Waals surface area contributed by atoms with Crippen molar-refractivity contribution in [1.82, 2.24) is 10.1 Å². The van der Waals surface area contributed by atoms with Crippen LogP contribution in [0.2, 0.25) is 0 Å². The maximum atomic E-state index is 12.6. The van der Waals surface area contributed by atoms with Gasteiger partial charge in [-0.2, -0.15) is 4.98 Å². The molecule has 1 amide bonds. The molecule has 0 spiro atoms. The molecule has 21 heavy (non-hydrogen) atoms. The first kappa shape index (κ1) is 12.1. The van der Waals surface area contributed by atoms with Crippen molar-refractivity contribution in [1.29, 1.82) is 0 Å². The van der Waals surface area contributed by atoms with Crippen LogP contribution in [0.15, 0.2) is 39.3 Å². The van der Waals surface area contributed by atoms with Crippen molar-refractivity contribution in [2.24, 2.45) is 0 Å². The molecule has 4 rings (SSSR count). The molecule has 106 valence electrons. The van der Waals surface area contributed by atoms with Gasteiger partial charge in [-0.3, -0.25) is 9.69 Å². The van der Waals surface area contributed by atoms with Gasteiger partial charge in [-0.05, 0) is 31.9 Å². The van der Waals surface area contributed by atoms with Crippen molar-refractivity contribution >= 4 is 23.0 Å². The van der Waals surface area contributed by atoms with Crippen LogP contribution in [-0.2, 0) is 0 Å². The van der Waals surface area contributed by atoms with E-state index < -0.39 is 0 Å². The van der Waals surface area contributed by atoms with Gasteiger partial charge in [-0.15, -0.1) is 0 Å². The average Bonchev–Trinajstić information content (AvgIpc) is 3.06. The molecule has 1 fully saturated rings. The van der Waals surface area contributed by atoms with E-state index in [2.05, 4.69) is 10.1 Å². The smallest absolute Gasteiger partial charge is 0.305 e. The molecule has 6 heteroatoms. The molecular weight excluding hydrogens is 270 g/mol. The number of carbonyl (C=O) groups excluding carboxylic acids is 1. The lowest BCUT2D eigenvalue weighted by Crippen LogP contribution is -2.33. The Balaban J connectivity index is 1.75. The van der Waals surface area contributed by atoms with Gasteiger partial charge in [0, 0.05) is 12.1 Å². The number of rotatable bonds is 3. The predicted molar refractivity (Wildman–Crippen MR) is 75.1 cm³/mol. The van der Waals surface area contributed by atoms with Crippen LogP contribution in [0, 0.1) is 6.92 Å². The van der Waals surface area contributed by atoms with E-state index >= 15 is 0 Å². The monoisotopic (exact) mass is 283 g/mol. The number of hydrogen-bond donors (Lipinski definition) is 0. The Labute approximate surface area is 120 Å². The Morgan fingerprint density at radius 1 is 1.33 bits per heavy atom. The molecule has 1 aliphatic carbocycles. The molecule has 1 saturated carbocycles. The lowest BCUT2D eigenvalue weighted by Gasteiger charge is -2.15. The third-order valence-corrected chi connectivity index (χ3v) is 3.47. The van der Waals surface area contributed by atoms with Gasteiger partial charge in [-0.25, -0.2) is 0 Å². The number of carbonyl (C=O) groups is 1. The quantitative estimate of drug-likeness (QED) is 0.739. The minimum absolute atomic E-state index is 0.127. The topological polar surface area (TPSA) is 72.4 Å². The second-order valence-electron chi connectivity index (χ2n) is 5.19. The van der Waals surface area contributed by atoms with Crippen molar-refractivity contribution in [2.75, 3.05) is 4.90 Å². The molecule has 3 aromatic rings. The highest BCUT2D eigenvalue weighted by Gasteiger charge is 2.38. The summed E-state index contributed by atoms with van der Waals surface area (Å²) < 4.78 is 10.7. The number of amides is 1. The number of benzene rings is 1. The van der Waals surface area contributed by atoms with E-state index in [4.69, 9.17) is 8.94 Å². The summed E-state index contributed by atoms with van der Waals surface area (Å²) in [6.45, 7) is 1.75. The molecule has 0 aliphatic heterocycles. The zero-order chi connectivity index (χ0) is 14.4. The van der Waals surface area contributed by atoms with E-state index in [-0.39, 0.29) is 17.6 Å². The van der Waals surface area contributed by atoms with Crippen molar-refractivity contribution in [2.45, 2.75) is 25.8 Å². The highest BCUT2D eigenvalue weighted by atomic mass is 16.5. The Morgan fingerprint density at radius 3 is 2.81 bits per heavy atom. The summed E-state index contributed by atoms with van der Waals surface area (Å²) in [6.07, 6.45) is 1.89. The van der Waals surface area contributed by atoms with Gasteiger partial charge in [0.05, 0.1) is 0 Å². The summed E-state index contributed by atoms with van der Waals surface area (Å²) in [4.78, 5) is 18.6. The van der Waals surface area contributed by atoms with Crippen LogP contribution in [0.25, 0.3) is 11.1 Å². The van der Waals surface area contributed by atoms with E-state index in [0.717, 1.165) is 18.4 Å². The largest absolute Gasteiger partial charge is 0.423 e. The van der Waals surface area contributed by atoms with Crippen LogP contribution in [0.4, 0.5) is 6.01 Å². The molecule has 0 atom stereocenters. The SMILES string of the molecule is Cc1cc(C(=O)N(c2nc3ccccc3o2)C2CC2)no1. The first-order valence-corrected chi connectivity index (χ1v) is 6.85. The standard InChI is InChI=1S/C15H13N3O3/c1-9-8-12(17-21-9)14(19)18(10-6-7-10)15-16-11-4-2-3-5-13(11)20-15/h2-5,8,10H,6-7H2,1H3. The Bertz CT molecular complexity index is 783. The van der Waals surface area contributed by atoms with Crippen molar-refractivity contribution in [3.63, 3.8) is 0 Å². The third kappa shape index (κ3) is 2.08. The summed E-state index contributed by atoms with van der Waals surface area (Å²) >= 11 is 0. The van der Waals surface area contributed by atoms with Crippen molar-refractivity contribution in [3.8, 4) is 0 Å². The van der Waals surface area contributed by atoms with Gasteiger partial charge in [0.15, 0.2) is 11.3 Å². The molecular formula is C15H13N3O3. The van der Waals surface area contributed by atoms with Crippen LogP contribution in [0.3, 0.4) is 0 Å². The van der Waals surface area contributed by atoms with Crippen LogP contribution >= 0.6 is 0 Å². The predicted octanol–water partition coefficient (Wildman–Crippen LogP) is 2.93. The van der Waals surface area contributed by atoms with Crippen LogP contribution in [-0.4, -0.2) is 22.1 Å². The summed E-state index contributed by atoms with van der Waals surface area (Å²) in [5.74, 6) is 0.368. The maximum Gasteiger partial charge on any atom is 0.305 e. The lowest BCUT2D eigenvalue weighted by atomic mass is 10.3. The summed E-state index contributed by atoms with van der Waals surface area (Å²) in [6, 6.07) is 9.53. The molecule has 2 aromatic heterocycles.